The Bertz CT molecular complexity index is 1240. The second kappa shape index (κ2) is 11.2. The van der Waals surface area contributed by atoms with Crippen LogP contribution in [0.4, 0.5) is 29.2 Å². The van der Waals surface area contributed by atoms with Gasteiger partial charge in [-0.3, -0.25) is 4.90 Å². The lowest BCUT2D eigenvalue weighted by molar-refractivity contribution is 0.122. The third kappa shape index (κ3) is 5.92. The van der Waals surface area contributed by atoms with Crippen molar-refractivity contribution >= 4 is 58.0 Å². The van der Waals surface area contributed by atoms with E-state index in [-0.39, 0.29) is 0 Å². The molecule has 1 fully saturated rings. The molecular weight excluding hydrogens is 553 g/mol. The maximum atomic E-state index is 5.53. The molecule has 9 heteroatoms. The smallest absolute Gasteiger partial charge is 0.250 e. The van der Waals surface area contributed by atoms with Crippen LogP contribution in [-0.4, -0.2) is 47.5 Å². The molecule has 1 aliphatic heterocycles. The summed E-state index contributed by atoms with van der Waals surface area (Å²) in [7, 11) is 0. The van der Waals surface area contributed by atoms with Gasteiger partial charge in [0.1, 0.15) is 0 Å². The van der Waals surface area contributed by atoms with E-state index in [9.17, 15) is 0 Å². The highest BCUT2D eigenvalue weighted by atomic mass is 127. The summed E-state index contributed by atoms with van der Waals surface area (Å²) < 4.78 is 6.67. The van der Waals surface area contributed by atoms with Gasteiger partial charge in [0.15, 0.2) is 0 Å². The van der Waals surface area contributed by atoms with E-state index in [2.05, 4.69) is 49.1 Å². The first-order chi connectivity index (χ1) is 17.3. The third-order valence-corrected chi connectivity index (χ3v) is 6.03. The molecular formula is C26H24IN7O. The standard InChI is InChI=1S/C26H24IN7O/c27-21-9-7-8-20(18-21)19-28-32-24-29-25(33-14-16-35-17-15-33)31-26(30-24)34(22-10-3-1-4-11-22)23-12-5-2-6-13-23/h1-13,18-19H,14-17H2,(H,29,30,31,32). The molecule has 0 radical (unpaired) electrons. The molecule has 0 atom stereocenters. The number of hydrogen-bond donors (Lipinski definition) is 1. The number of anilines is 5. The van der Waals surface area contributed by atoms with E-state index < -0.39 is 0 Å². The lowest BCUT2D eigenvalue weighted by Gasteiger charge is -2.28. The zero-order chi connectivity index (χ0) is 23.9. The second-order valence-corrected chi connectivity index (χ2v) is 9.04. The number of benzene rings is 3. The first-order valence-electron chi connectivity index (χ1n) is 11.3. The summed E-state index contributed by atoms with van der Waals surface area (Å²) >= 11 is 2.28. The first-order valence-corrected chi connectivity index (χ1v) is 12.4. The number of morpholine rings is 1. The lowest BCUT2D eigenvalue weighted by Crippen LogP contribution is -2.37. The first kappa shape index (κ1) is 23.2. The van der Waals surface area contributed by atoms with E-state index in [1.165, 1.54) is 0 Å². The molecule has 0 bridgehead atoms. The maximum Gasteiger partial charge on any atom is 0.250 e. The van der Waals surface area contributed by atoms with Crippen LogP contribution in [0.1, 0.15) is 5.56 Å². The minimum Gasteiger partial charge on any atom is -0.378 e. The van der Waals surface area contributed by atoms with E-state index in [1.54, 1.807) is 6.21 Å². The zero-order valence-corrected chi connectivity index (χ0v) is 21.1. The van der Waals surface area contributed by atoms with Crippen molar-refractivity contribution in [2.24, 2.45) is 5.10 Å². The highest BCUT2D eigenvalue weighted by Crippen LogP contribution is 2.33. The highest BCUT2D eigenvalue weighted by Gasteiger charge is 2.21. The third-order valence-electron chi connectivity index (χ3n) is 5.36. The summed E-state index contributed by atoms with van der Waals surface area (Å²) in [4.78, 5) is 18.4. The quantitative estimate of drug-likeness (QED) is 0.183. The van der Waals surface area contributed by atoms with Crippen LogP contribution in [0.2, 0.25) is 0 Å². The van der Waals surface area contributed by atoms with Crippen molar-refractivity contribution in [2.75, 3.05) is 41.5 Å². The molecule has 1 aromatic heterocycles. The molecule has 8 nitrogen and oxygen atoms in total. The predicted molar refractivity (Wildman–Crippen MR) is 148 cm³/mol. The Morgan fingerprint density at radius 1 is 0.857 bits per heavy atom. The topological polar surface area (TPSA) is 78.8 Å². The molecule has 5 rings (SSSR count). The van der Waals surface area contributed by atoms with Gasteiger partial charge in [0, 0.05) is 28.0 Å². The summed E-state index contributed by atoms with van der Waals surface area (Å²) in [6.07, 6.45) is 1.76. The van der Waals surface area contributed by atoms with Crippen molar-refractivity contribution in [3.63, 3.8) is 0 Å². The largest absolute Gasteiger partial charge is 0.378 e. The predicted octanol–water partition coefficient (Wildman–Crippen LogP) is 5.23. The highest BCUT2D eigenvalue weighted by molar-refractivity contribution is 14.1. The van der Waals surface area contributed by atoms with Crippen LogP contribution in [-0.2, 0) is 4.74 Å². The molecule has 176 valence electrons. The van der Waals surface area contributed by atoms with Gasteiger partial charge in [-0.05, 0) is 64.6 Å². The number of hydrazone groups is 1. The fourth-order valence-corrected chi connectivity index (χ4v) is 4.26. The minimum atomic E-state index is 0.371. The monoisotopic (exact) mass is 577 g/mol. The summed E-state index contributed by atoms with van der Waals surface area (Å²) in [6, 6.07) is 28.2. The summed E-state index contributed by atoms with van der Waals surface area (Å²) in [6.45, 7) is 2.70. The van der Waals surface area contributed by atoms with Crippen molar-refractivity contribution in [3.8, 4) is 0 Å². The molecule has 35 heavy (non-hydrogen) atoms. The Kier molecular flexibility index (Phi) is 7.44. The number of hydrogen-bond acceptors (Lipinski definition) is 8. The van der Waals surface area contributed by atoms with Gasteiger partial charge < -0.3 is 9.64 Å². The zero-order valence-electron chi connectivity index (χ0n) is 19.0. The molecule has 4 aromatic rings. The molecule has 0 saturated carbocycles. The SMILES string of the molecule is Ic1cccc(C=NNc2nc(N3CCOCC3)nc(N(c3ccccc3)c3ccccc3)n2)c1. The van der Waals surface area contributed by atoms with E-state index in [1.807, 2.05) is 83.8 Å². The van der Waals surface area contributed by atoms with Gasteiger partial charge in [-0.1, -0.05) is 48.5 Å². The van der Waals surface area contributed by atoms with Crippen LogP contribution >= 0.6 is 22.6 Å². The van der Waals surface area contributed by atoms with E-state index >= 15 is 0 Å². The normalized spacial score (nSPS) is 13.7. The van der Waals surface area contributed by atoms with Crippen LogP contribution in [0.25, 0.3) is 0 Å². The number of aromatic nitrogens is 3. The van der Waals surface area contributed by atoms with E-state index in [0.717, 1.165) is 20.5 Å². The van der Waals surface area contributed by atoms with E-state index in [4.69, 9.17) is 14.7 Å². The molecule has 1 aliphatic rings. The number of rotatable bonds is 7. The molecule has 0 aliphatic carbocycles. The number of para-hydroxylation sites is 2. The molecule has 3 aromatic carbocycles. The van der Waals surface area contributed by atoms with Crippen molar-refractivity contribution in [3.05, 3.63) is 94.1 Å². The number of nitrogens with zero attached hydrogens (tertiary/aromatic N) is 6. The Morgan fingerprint density at radius 2 is 1.54 bits per heavy atom. The van der Waals surface area contributed by atoms with Crippen molar-refractivity contribution in [1.29, 1.82) is 0 Å². The summed E-state index contributed by atoms with van der Waals surface area (Å²) in [5.41, 5.74) is 5.90. The maximum absolute atomic E-state index is 5.53. The molecule has 0 amide bonds. The Hall–Kier alpha value is -3.57. The summed E-state index contributed by atoms with van der Waals surface area (Å²) in [5, 5.41) is 4.39. The number of nitrogens with one attached hydrogen (secondary N) is 1. The molecule has 0 unspecified atom stereocenters. The van der Waals surface area contributed by atoms with Crippen LogP contribution in [0, 0.1) is 3.57 Å². The number of halogens is 1. The van der Waals surface area contributed by atoms with Crippen LogP contribution in [0.3, 0.4) is 0 Å². The molecule has 1 saturated heterocycles. The average molecular weight is 577 g/mol. The fraction of sp³-hybridized carbons (Fsp3) is 0.154. The van der Waals surface area contributed by atoms with Gasteiger partial charge >= 0.3 is 0 Å². The van der Waals surface area contributed by atoms with Crippen LogP contribution in [0.15, 0.2) is 90.0 Å². The molecule has 2 heterocycles. The van der Waals surface area contributed by atoms with Gasteiger partial charge in [0.05, 0.1) is 19.4 Å². The van der Waals surface area contributed by atoms with Gasteiger partial charge in [-0.2, -0.15) is 20.1 Å². The molecule has 0 spiro atoms. The van der Waals surface area contributed by atoms with Gasteiger partial charge in [-0.15, -0.1) is 0 Å². The van der Waals surface area contributed by atoms with Gasteiger partial charge in [0.25, 0.3) is 0 Å². The van der Waals surface area contributed by atoms with Gasteiger partial charge in [0.2, 0.25) is 17.8 Å². The number of ether oxygens (including phenoxy) is 1. The van der Waals surface area contributed by atoms with Crippen LogP contribution < -0.4 is 15.2 Å². The Morgan fingerprint density at radius 3 is 2.20 bits per heavy atom. The van der Waals surface area contributed by atoms with E-state index in [0.29, 0.717) is 44.1 Å². The summed E-state index contributed by atoms with van der Waals surface area (Å²) in [5.74, 6) is 1.46. The Labute approximate surface area is 217 Å². The van der Waals surface area contributed by atoms with Crippen molar-refractivity contribution in [1.82, 2.24) is 15.0 Å². The van der Waals surface area contributed by atoms with Crippen LogP contribution in [0.5, 0.6) is 0 Å². The lowest BCUT2D eigenvalue weighted by atomic mass is 10.2. The van der Waals surface area contributed by atoms with Crippen molar-refractivity contribution in [2.45, 2.75) is 0 Å². The van der Waals surface area contributed by atoms with Crippen molar-refractivity contribution < 1.29 is 4.74 Å². The van der Waals surface area contributed by atoms with Gasteiger partial charge in [-0.25, -0.2) is 5.43 Å². The second-order valence-electron chi connectivity index (χ2n) is 7.79. The Balaban J connectivity index is 1.54. The molecule has 1 N–H and O–H groups in total. The average Bonchev–Trinajstić information content (AvgIpc) is 2.91. The fourth-order valence-electron chi connectivity index (χ4n) is 3.69. The minimum absolute atomic E-state index is 0.371.